The molecule has 138 valence electrons. The first-order valence-corrected chi connectivity index (χ1v) is 9.44. The first-order valence-electron chi connectivity index (χ1n) is 9.44. The molecule has 5 heteroatoms. The second kappa shape index (κ2) is 7.76. The van der Waals surface area contributed by atoms with Crippen molar-refractivity contribution >= 4 is 5.91 Å². The van der Waals surface area contributed by atoms with Crippen molar-refractivity contribution in [3.8, 4) is 16.9 Å². The number of aryl methyl sites for hydroxylation is 1. The van der Waals surface area contributed by atoms with E-state index in [0.29, 0.717) is 11.3 Å². The summed E-state index contributed by atoms with van der Waals surface area (Å²) >= 11 is 0. The Balaban J connectivity index is 1.69. The average Bonchev–Trinajstić information content (AvgIpc) is 3.16. The highest BCUT2D eigenvalue weighted by Gasteiger charge is 2.22. The Morgan fingerprint density at radius 3 is 2.48 bits per heavy atom. The van der Waals surface area contributed by atoms with Gasteiger partial charge in [-0.05, 0) is 45.0 Å². The van der Waals surface area contributed by atoms with Gasteiger partial charge in [0.2, 0.25) is 0 Å². The zero-order valence-electron chi connectivity index (χ0n) is 15.5. The molecule has 1 saturated heterocycles. The van der Waals surface area contributed by atoms with Gasteiger partial charge in [-0.1, -0.05) is 48.0 Å². The maximum atomic E-state index is 13.0. The van der Waals surface area contributed by atoms with Gasteiger partial charge in [-0.25, -0.2) is 4.68 Å². The standard InChI is InChI=1S/C22H24N4O/c1-16-7-9-19(10-8-16)26-15-20(21(25-26)17-5-3-2-4-6-17)22(27)24-18-11-13-23-14-12-18/h2-10,15,18,23H,11-14H2,1H3,(H,24,27). The van der Waals surface area contributed by atoms with E-state index in [4.69, 9.17) is 5.10 Å². The number of carbonyl (C=O) groups is 1. The Bertz CT molecular complexity index is 909. The average molecular weight is 360 g/mol. The number of carbonyl (C=O) groups excluding carboxylic acids is 1. The molecule has 3 aromatic rings. The summed E-state index contributed by atoms with van der Waals surface area (Å²) in [5.41, 5.74) is 4.40. The predicted molar refractivity (Wildman–Crippen MR) is 107 cm³/mol. The van der Waals surface area contributed by atoms with Crippen molar-refractivity contribution in [1.82, 2.24) is 20.4 Å². The van der Waals surface area contributed by atoms with E-state index in [9.17, 15) is 4.79 Å². The normalized spacial score (nSPS) is 14.9. The van der Waals surface area contributed by atoms with Crippen LogP contribution in [0.25, 0.3) is 16.9 Å². The lowest BCUT2D eigenvalue weighted by Crippen LogP contribution is -2.42. The minimum atomic E-state index is -0.0564. The Morgan fingerprint density at radius 1 is 1.07 bits per heavy atom. The first-order chi connectivity index (χ1) is 13.2. The summed E-state index contributed by atoms with van der Waals surface area (Å²) in [4.78, 5) is 13.0. The van der Waals surface area contributed by atoms with Crippen molar-refractivity contribution in [3.63, 3.8) is 0 Å². The van der Waals surface area contributed by atoms with Crippen LogP contribution in [0.3, 0.4) is 0 Å². The minimum absolute atomic E-state index is 0.0564. The molecule has 0 saturated carbocycles. The molecule has 0 spiro atoms. The Morgan fingerprint density at radius 2 is 1.78 bits per heavy atom. The molecule has 1 amide bonds. The van der Waals surface area contributed by atoms with Crippen LogP contribution in [0.2, 0.25) is 0 Å². The highest BCUT2D eigenvalue weighted by Crippen LogP contribution is 2.24. The molecule has 1 fully saturated rings. The molecular weight excluding hydrogens is 336 g/mol. The number of hydrogen-bond donors (Lipinski definition) is 2. The van der Waals surface area contributed by atoms with E-state index in [1.807, 2.05) is 60.8 Å². The third kappa shape index (κ3) is 3.93. The lowest BCUT2D eigenvalue weighted by Gasteiger charge is -2.23. The Hall–Kier alpha value is -2.92. The lowest BCUT2D eigenvalue weighted by atomic mass is 10.0. The summed E-state index contributed by atoms with van der Waals surface area (Å²) in [6.07, 6.45) is 3.75. The Kier molecular flexibility index (Phi) is 5.03. The van der Waals surface area contributed by atoms with Crippen LogP contribution >= 0.6 is 0 Å². The summed E-state index contributed by atoms with van der Waals surface area (Å²) in [5, 5.41) is 11.3. The second-order valence-electron chi connectivity index (χ2n) is 7.04. The molecule has 0 bridgehead atoms. The molecule has 2 N–H and O–H groups in total. The number of nitrogens with zero attached hydrogens (tertiary/aromatic N) is 2. The summed E-state index contributed by atoms with van der Waals surface area (Å²) in [6, 6.07) is 18.2. The van der Waals surface area contributed by atoms with Crippen molar-refractivity contribution in [2.75, 3.05) is 13.1 Å². The molecule has 1 aliphatic rings. The fourth-order valence-electron chi connectivity index (χ4n) is 3.41. The van der Waals surface area contributed by atoms with Crippen LogP contribution in [-0.2, 0) is 0 Å². The second-order valence-corrected chi connectivity index (χ2v) is 7.04. The Labute approximate surface area is 159 Å². The number of piperidine rings is 1. The van der Waals surface area contributed by atoms with E-state index in [-0.39, 0.29) is 11.9 Å². The molecule has 0 radical (unpaired) electrons. The van der Waals surface area contributed by atoms with E-state index >= 15 is 0 Å². The maximum Gasteiger partial charge on any atom is 0.255 e. The molecule has 4 rings (SSSR count). The van der Waals surface area contributed by atoms with Crippen LogP contribution in [-0.4, -0.2) is 34.8 Å². The fourth-order valence-corrected chi connectivity index (χ4v) is 3.41. The molecule has 0 aliphatic carbocycles. The monoisotopic (exact) mass is 360 g/mol. The molecule has 2 aromatic carbocycles. The third-order valence-electron chi connectivity index (χ3n) is 4.98. The number of benzene rings is 2. The van der Waals surface area contributed by atoms with Gasteiger partial charge < -0.3 is 10.6 Å². The molecule has 1 aromatic heterocycles. The summed E-state index contributed by atoms with van der Waals surface area (Å²) < 4.78 is 1.79. The summed E-state index contributed by atoms with van der Waals surface area (Å²) in [7, 11) is 0. The smallest absolute Gasteiger partial charge is 0.255 e. The van der Waals surface area contributed by atoms with E-state index < -0.39 is 0 Å². The van der Waals surface area contributed by atoms with Crippen LogP contribution in [0, 0.1) is 6.92 Å². The molecule has 1 aliphatic heterocycles. The number of hydrogen-bond acceptors (Lipinski definition) is 3. The molecule has 5 nitrogen and oxygen atoms in total. The summed E-state index contributed by atoms with van der Waals surface area (Å²) in [5.74, 6) is -0.0564. The molecule has 27 heavy (non-hydrogen) atoms. The molecule has 2 heterocycles. The topological polar surface area (TPSA) is 59.0 Å². The van der Waals surface area contributed by atoms with Crippen molar-refractivity contribution in [3.05, 3.63) is 71.9 Å². The van der Waals surface area contributed by atoms with Crippen LogP contribution in [0.5, 0.6) is 0 Å². The number of nitrogens with one attached hydrogen (secondary N) is 2. The third-order valence-corrected chi connectivity index (χ3v) is 4.98. The van der Waals surface area contributed by atoms with Gasteiger partial charge in [-0.2, -0.15) is 5.10 Å². The minimum Gasteiger partial charge on any atom is -0.349 e. The lowest BCUT2D eigenvalue weighted by molar-refractivity contribution is 0.0930. The highest BCUT2D eigenvalue weighted by molar-refractivity contribution is 6.00. The van der Waals surface area contributed by atoms with Crippen LogP contribution < -0.4 is 10.6 Å². The number of amides is 1. The largest absolute Gasteiger partial charge is 0.349 e. The van der Waals surface area contributed by atoms with E-state index in [0.717, 1.165) is 37.2 Å². The van der Waals surface area contributed by atoms with Crippen LogP contribution in [0.1, 0.15) is 28.8 Å². The van der Waals surface area contributed by atoms with Gasteiger partial charge in [0.05, 0.1) is 11.3 Å². The van der Waals surface area contributed by atoms with E-state index in [1.165, 1.54) is 5.56 Å². The zero-order chi connectivity index (χ0) is 18.6. The maximum absolute atomic E-state index is 13.0. The molecule has 0 unspecified atom stereocenters. The number of aromatic nitrogens is 2. The van der Waals surface area contributed by atoms with Crippen molar-refractivity contribution in [1.29, 1.82) is 0 Å². The van der Waals surface area contributed by atoms with Gasteiger partial charge in [0.15, 0.2) is 0 Å². The SMILES string of the molecule is Cc1ccc(-n2cc(C(=O)NC3CCNCC3)c(-c3ccccc3)n2)cc1. The predicted octanol–water partition coefficient (Wildman–Crippen LogP) is 3.33. The quantitative estimate of drug-likeness (QED) is 0.750. The molecular formula is C22H24N4O. The van der Waals surface area contributed by atoms with Gasteiger partial charge in [0.25, 0.3) is 5.91 Å². The fraction of sp³-hybridized carbons (Fsp3) is 0.273. The van der Waals surface area contributed by atoms with Gasteiger partial charge >= 0.3 is 0 Å². The van der Waals surface area contributed by atoms with Crippen LogP contribution in [0.15, 0.2) is 60.8 Å². The van der Waals surface area contributed by atoms with Crippen molar-refractivity contribution in [2.45, 2.75) is 25.8 Å². The van der Waals surface area contributed by atoms with E-state index in [1.54, 1.807) is 4.68 Å². The zero-order valence-corrected chi connectivity index (χ0v) is 15.5. The van der Waals surface area contributed by atoms with Gasteiger partial charge in [-0.3, -0.25) is 4.79 Å². The first kappa shape index (κ1) is 17.5. The van der Waals surface area contributed by atoms with E-state index in [2.05, 4.69) is 17.6 Å². The van der Waals surface area contributed by atoms with Crippen LogP contribution in [0.4, 0.5) is 0 Å². The van der Waals surface area contributed by atoms with Gasteiger partial charge in [0.1, 0.15) is 5.69 Å². The highest BCUT2D eigenvalue weighted by atomic mass is 16.1. The van der Waals surface area contributed by atoms with Crippen molar-refractivity contribution in [2.24, 2.45) is 0 Å². The molecule has 0 atom stereocenters. The van der Waals surface area contributed by atoms with Crippen molar-refractivity contribution < 1.29 is 4.79 Å². The van der Waals surface area contributed by atoms with Gasteiger partial charge in [-0.15, -0.1) is 0 Å². The number of rotatable bonds is 4. The van der Waals surface area contributed by atoms with Gasteiger partial charge in [0, 0.05) is 17.8 Å². The summed E-state index contributed by atoms with van der Waals surface area (Å²) in [6.45, 7) is 3.94.